The van der Waals surface area contributed by atoms with E-state index in [1.165, 1.54) is 16.8 Å². The summed E-state index contributed by atoms with van der Waals surface area (Å²) in [5.74, 6) is 0. The molecule has 0 fully saturated rings. The van der Waals surface area contributed by atoms with Gasteiger partial charge in [0, 0.05) is 24.8 Å². The standard InChI is InChI=1S/C16H19ClN2/c1-18-16(12-6-4-8-14(17)10-12)13-7-5-9-15(11-13)19(2)3/h4-11,16,18H,1-3H3. The van der Waals surface area contributed by atoms with Crippen LogP contribution in [0.15, 0.2) is 48.5 Å². The highest BCUT2D eigenvalue weighted by atomic mass is 35.5. The third-order valence-electron chi connectivity index (χ3n) is 3.19. The molecule has 0 heterocycles. The number of rotatable bonds is 4. The van der Waals surface area contributed by atoms with Gasteiger partial charge in [-0.2, -0.15) is 0 Å². The van der Waals surface area contributed by atoms with Crippen LogP contribution in [0.3, 0.4) is 0 Å². The predicted octanol–water partition coefficient (Wildman–Crippen LogP) is 3.71. The van der Waals surface area contributed by atoms with E-state index in [0.717, 1.165) is 5.02 Å². The number of nitrogens with one attached hydrogen (secondary N) is 1. The smallest absolute Gasteiger partial charge is 0.0575 e. The summed E-state index contributed by atoms with van der Waals surface area (Å²) in [7, 11) is 6.06. The first kappa shape index (κ1) is 13.9. The van der Waals surface area contributed by atoms with Gasteiger partial charge >= 0.3 is 0 Å². The molecule has 0 bridgehead atoms. The number of hydrogen-bond acceptors (Lipinski definition) is 2. The van der Waals surface area contributed by atoms with E-state index < -0.39 is 0 Å². The molecule has 1 atom stereocenters. The summed E-state index contributed by atoms with van der Waals surface area (Å²) in [5, 5.41) is 4.12. The van der Waals surface area contributed by atoms with Crippen molar-refractivity contribution in [2.24, 2.45) is 0 Å². The summed E-state index contributed by atoms with van der Waals surface area (Å²) in [6.07, 6.45) is 0. The molecule has 0 radical (unpaired) electrons. The van der Waals surface area contributed by atoms with Crippen LogP contribution in [0.5, 0.6) is 0 Å². The minimum atomic E-state index is 0.151. The molecular weight excluding hydrogens is 256 g/mol. The lowest BCUT2D eigenvalue weighted by Crippen LogP contribution is -2.18. The molecule has 1 N–H and O–H groups in total. The Morgan fingerprint density at radius 1 is 1.00 bits per heavy atom. The average molecular weight is 275 g/mol. The van der Waals surface area contributed by atoms with Gasteiger partial charge in [-0.15, -0.1) is 0 Å². The van der Waals surface area contributed by atoms with Crippen molar-refractivity contribution in [2.45, 2.75) is 6.04 Å². The molecule has 0 saturated carbocycles. The van der Waals surface area contributed by atoms with Crippen LogP contribution < -0.4 is 10.2 Å². The summed E-state index contributed by atoms with van der Waals surface area (Å²) in [6.45, 7) is 0. The zero-order chi connectivity index (χ0) is 13.8. The topological polar surface area (TPSA) is 15.3 Å². The normalized spacial score (nSPS) is 12.2. The highest BCUT2D eigenvalue weighted by Gasteiger charge is 2.12. The van der Waals surface area contributed by atoms with Gasteiger partial charge in [0.1, 0.15) is 0 Å². The summed E-state index contributed by atoms with van der Waals surface area (Å²) in [4.78, 5) is 2.11. The van der Waals surface area contributed by atoms with E-state index in [1.54, 1.807) is 0 Å². The number of anilines is 1. The van der Waals surface area contributed by atoms with E-state index in [2.05, 4.69) is 40.5 Å². The van der Waals surface area contributed by atoms with E-state index in [-0.39, 0.29) is 6.04 Å². The highest BCUT2D eigenvalue weighted by Crippen LogP contribution is 2.26. The molecule has 2 aromatic carbocycles. The Morgan fingerprint density at radius 2 is 1.63 bits per heavy atom. The van der Waals surface area contributed by atoms with Crippen LogP contribution in [-0.4, -0.2) is 21.1 Å². The van der Waals surface area contributed by atoms with Crippen LogP contribution in [0.25, 0.3) is 0 Å². The van der Waals surface area contributed by atoms with E-state index in [0.29, 0.717) is 0 Å². The highest BCUT2D eigenvalue weighted by molar-refractivity contribution is 6.30. The maximum atomic E-state index is 6.08. The zero-order valence-corrected chi connectivity index (χ0v) is 12.3. The van der Waals surface area contributed by atoms with Gasteiger partial charge in [-0.05, 0) is 42.4 Å². The van der Waals surface area contributed by atoms with E-state index in [4.69, 9.17) is 11.6 Å². The molecule has 19 heavy (non-hydrogen) atoms. The second-order valence-corrected chi connectivity index (χ2v) is 5.20. The molecule has 100 valence electrons. The predicted molar refractivity (Wildman–Crippen MR) is 83.1 cm³/mol. The number of halogens is 1. The van der Waals surface area contributed by atoms with Crippen LogP contribution in [0.1, 0.15) is 17.2 Å². The third kappa shape index (κ3) is 3.28. The van der Waals surface area contributed by atoms with Crippen molar-refractivity contribution >= 4 is 17.3 Å². The van der Waals surface area contributed by atoms with Crippen molar-refractivity contribution in [2.75, 3.05) is 26.0 Å². The fourth-order valence-corrected chi connectivity index (χ4v) is 2.39. The molecule has 0 aliphatic heterocycles. The molecule has 1 unspecified atom stereocenters. The molecule has 0 aromatic heterocycles. The molecule has 0 saturated heterocycles. The Balaban J connectivity index is 2.39. The quantitative estimate of drug-likeness (QED) is 0.914. The lowest BCUT2D eigenvalue weighted by molar-refractivity contribution is 0.692. The number of nitrogens with zero attached hydrogens (tertiary/aromatic N) is 1. The molecule has 3 heteroatoms. The summed E-state index contributed by atoms with van der Waals surface area (Å²) in [5.41, 5.74) is 3.60. The monoisotopic (exact) mass is 274 g/mol. The van der Waals surface area contributed by atoms with Crippen LogP contribution in [0, 0.1) is 0 Å². The molecule has 0 aliphatic carbocycles. The van der Waals surface area contributed by atoms with E-state index in [1.807, 2.05) is 39.3 Å². The maximum absolute atomic E-state index is 6.08. The van der Waals surface area contributed by atoms with Crippen molar-refractivity contribution < 1.29 is 0 Å². The largest absolute Gasteiger partial charge is 0.378 e. The van der Waals surface area contributed by atoms with E-state index in [9.17, 15) is 0 Å². The Bertz CT molecular complexity index is 552. The van der Waals surface area contributed by atoms with Crippen molar-refractivity contribution in [3.63, 3.8) is 0 Å². The van der Waals surface area contributed by atoms with Gasteiger partial charge in [0.15, 0.2) is 0 Å². The molecule has 0 spiro atoms. The Morgan fingerprint density at radius 3 is 2.21 bits per heavy atom. The van der Waals surface area contributed by atoms with Crippen LogP contribution in [0.4, 0.5) is 5.69 Å². The van der Waals surface area contributed by atoms with Crippen LogP contribution in [-0.2, 0) is 0 Å². The van der Waals surface area contributed by atoms with Crippen LogP contribution in [0.2, 0.25) is 5.02 Å². The first-order valence-electron chi connectivity index (χ1n) is 6.32. The zero-order valence-electron chi connectivity index (χ0n) is 11.5. The first-order valence-corrected chi connectivity index (χ1v) is 6.69. The number of benzene rings is 2. The lowest BCUT2D eigenvalue weighted by atomic mass is 9.98. The molecule has 0 amide bonds. The fourth-order valence-electron chi connectivity index (χ4n) is 2.19. The molecule has 2 aromatic rings. The molecule has 2 nitrogen and oxygen atoms in total. The van der Waals surface area contributed by atoms with Crippen molar-refractivity contribution in [3.8, 4) is 0 Å². The van der Waals surface area contributed by atoms with Gasteiger partial charge in [-0.1, -0.05) is 35.9 Å². The third-order valence-corrected chi connectivity index (χ3v) is 3.43. The van der Waals surface area contributed by atoms with Gasteiger partial charge in [0.05, 0.1) is 6.04 Å². The average Bonchev–Trinajstić information content (AvgIpc) is 2.40. The molecule has 2 rings (SSSR count). The van der Waals surface area contributed by atoms with Crippen LogP contribution >= 0.6 is 11.6 Å². The maximum Gasteiger partial charge on any atom is 0.0575 e. The van der Waals surface area contributed by atoms with Crippen molar-refractivity contribution in [1.29, 1.82) is 0 Å². The second kappa shape index (κ2) is 6.09. The minimum absolute atomic E-state index is 0.151. The fraction of sp³-hybridized carbons (Fsp3) is 0.250. The van der Waals surface area contributed by atoms with Crippen molar-refractivity contribution in [3.05, 3.63) is 64.7 Å². The number of hydrogen-bond donors (Lipinski definition) is 1. The molecule has 0 aliphatic rings. The second-order valence-electron chi connectivity index (χ2n) is 4.77. The summed E-state index contributed by atoms with van der Waals surface area (Å²) < 4.78 is 0. The summed E-state index contributed by atoms with van der Waals surface area (Å²) >= 11 is 6.08. The Kier molecular flexibility index (Phi) is 4.46. The first-order chi connectivity index (χ1) is 9.11. The van der Waals surface area contributed by atoms with Gasteiger partial charge in [0.2, 0.25) is 0 Å². The summed E-state index contributed by atoms with van der Waals surface area (Å²) in [6, 6.07) is 16.6. The van der Waals surface area contributed by atoms with Gasteiger partial charge in [0.25, 0.3) is 0 Å². The minimum Gasteiger partial charge on any atom is -0.378 e. The SMILES string of the molecule is CNC(c1cccc(Cl)c1)c1cccc(N(C)C)c1. The van der Waals surface area contributed by atoms with Gasteiger partial charge in [-0.3, -0.25) is 0 Å². The van der Waals surface area contributed by atoms with Crippen molar-refractivity contribution in [1.82, 2.24) is 5.32 Å². The molecular formula is C16H19ClN2. The van der Waals surface area contributed by atoms with Gasteiger partial charge in [-0.25, -0.2) is 0 Å². The van der Waals surface area contributed by atoms with Gasteiger partial charge < -0.3 is 10.2 Å². The Hall–Kier alpha value is -1.51. The van der Waals surface area contributed by atoms with E-state index >= 15 is 0 Å². The lowest BCUT2D eigenvalue weighted by Gasteiger charge is -2.20. The Labute approximate surface area is 120 Å².